The first-order valence-corrected chi connectivity index (χ1v) is 7.25. The Morgan fingerprint density at radius 2 is 1.83 bits per heavy atom. The number of amides is 1. The number of nitrogens with one attached hydrogen (secondary N) is 1. The van der Waals surface area contributed by atoms with Gasteiger partial charge in [-0.25, -0.2) is 0 Å². The number of benzene rings is 2. The molecule has 1 amide bonds. The van der Waals surface area contributed by atoms with Crippen molar-refractivity contribution in [1.29, 1.82) is 0 Å². The van der Waals surface area contributed by atoms with E-state index in [4.69, 9.17) is 5.73 Å². The number of hydrazone groups is 1. The Balaban J connectivity index is 1.92. The molecule has 2 heterocycles. The van der Waals surface area contributed by atoms with Gasteiger partial charge in [0.2, 0.25) is 0 Å². The number of hydrogen-bond acceptors (Lipinski definition) is 3. The molecule has 2 aromatic carbocycles. The SMILES string of the molecule is NC(=O)c1cc2ccccc2n1C1=NNc2ccccc2C=C1. The van der Waals surface area contributed by atoms with Crippen LogP contribution in [0.5, 0.6) is 0 Å². The van der Waals surface area contributed by atoms with Gasteiger partial charge >= 0.3 is 0 Å². The number of para-hydroxylation sites is 2. The van der Waals surface area contributed by atoms with Gasteiger partial charge in [0, 0.05) is 5.39 Å². The average Bonchev–Trinajstić information content (AvgIpc) is 2.83. The molecule has 3 aromatic rings. The maximum Gasteiger partial charge on any atom is 0.265 e. The maximum atomic E-state index is 11.8. The Kier molecular flexibility index (Phi) is 2.98. The van der Waals surface area contributed by atoms with Crippen LogP contribution in [0.1, 0.15) is 16.1 Å². The zero-order valence-electron chi connectivity index (χ0n) is 12.2. The number of hydrogen-bond donors (Lipinski definition) is 2. The smallest absolute Gasteiger partial charge is 0.265 e. The number of anilines is 1. The van der Waals surface area contributed by atoms with Crippen molar-refractivity contribution in [3.63, 3.8) is 0 Å². The summed E-state index contributed by atoms with van der Waals surface area (Å²) in [4.78, 5) is 11.8. The Labute approximate surface area is 132 Å². The van der Waals surface area contributed by atoms with Crippen LogP contribution in [0.2, 0.25) is 0 Å². The molecule has 5 nitrogen and oxygen atoms in total. The number of carbonyl (C=O) groups is 1. The zero-order chi connectivity index (χ0) is 15.8. The van der Waals surface area contributed by atoms with Crippen LogP contribution in [0.15, 0.2) is 65.8 Å². The van der Waals surface area contributed by atoms with Crippen molar-refractivity contribution in [3.8, 4) is 0 Å². The van der Waals surface area contributed by atoms with E-state index in [0.29, 0.717) is 11.5 Å². The summed E-state index contributed by atoms with van der Waals surface area (Å²) in [5.74, 6) is 0.121. The summed E-state index contributed by atoms with van der Waals surface area (Å²) < 4.78 is 1.77. The monoisotopic (exact) mass is 302 g/mol. The normalized spacial score (nSPS) is 13.1. The maximum absolute atomic E-state index is 11.8. The molecule has 0 aliphatic carbocycles. The van der Waals surface area contributed by atoms with Gasteiger partial charge in [-0.2, -0.15) is 5.10 Å². The average molecular weight is 302 g/mol. The Hall–Kier alpha value is -3.34. The van der Waals surface area contributed by atoms with Crippen LogP contribution in [0.4, 0.5) is 5.69 Å². The molecule has 0 unspecified atom stereocenters. The predicted octanol–water partition coefficient (Wildman–Crippen LogP) is 3.04. The summed E-state index contributed by atoms with van der Waals surface area (Å²) >= 11 is 0. The van der Waals surface area contributed by atoms with Crippen molar-refractivity contribution in [1.82, 2.24) is 4.57 Å². The van der Waals surface area contributed by atoms with E-state index in [0.717, 1.165) is 22.2 Å². The van der Waals surface area contributed by atoms with E-state index in [1.165, 1.54) is 0 Å². The van der Waals surface area contributed by atoms with E-state index in [1.807, 2.05) is 60.7 Å². The molecule has 0 fully saturated rings. The first-order chi connectivity index (χ1) is 11.2. The Bertz CT molecular complexity index is 982. The number of nitrogens with two attached hydrogens (primary N) is 1. The van der Waals surface area contributed by atoms with Gasteiger partial charge in [-0.05, 0) is 35.9 Å². The lowest BCUT2D eigenvalue weighted by Gasteiger charge is -2.08. The van der Waals surface area contributed by atoms with Gasteiger partial charge < -0.3 is 5.73 Å². The second kappa shape index (κ2) is 5.14. The molecule has 23 heavy (non-hydrogen) atoms. The number of aromatic nitrogens is 1. The summed E-state index contributed by atoms with van der Waals surface area (Å²) in [7, 11) is 0. The molecule has 5 heteroatoms. The van der Waals surface area contributed by atoms with Gasteiger partial charge in [-0.3, -0.25) is 14.8 Å². The van der Waals surface area contributed by atoms with Gasteiger partial charge in [0.15, 0.2) is 5.84 Å². The second-order valence-corrected chi connectivity index (χ2v) is 5.29. The van der Waals surface area contributed by atoms with E-state index in [-0.39, 0.29) is 0 Å². The van der Waals surface area contributed by atoms with Gasteiger partial charge in [0.05, 0.1) is 11.2 Å². The predicted molar refractivity (Wildman–Crippen MR) is 92.4 cm³/mol. The minimum absolute atomic E-state index is 0.405. The van der Waals surface area contributed by atoms with E-state index in [9.17, 15) is 4.79 Å². The van der Waals surface area contributed by atoms with Crippen LogP contribution in [-0.4, -0.2) is 16.3 Å². The number of allylic oxidation sites excluding steroid dienone is 1. The van der Waals surface area contributed by atoms with Crippen molar-refractivity contribution in [3.05, 3.63) is 71.9 Å². The fourth-order valence-corrected chi connectivity index (χ4v) is 2.77. The minimum atomic E-state index is -0.487. The highest BCUT2D eigenvalue weighted by molar-refractivity contribution is 6.10. The Morgan fingerprint density at radius 3 is 2.70 bits per heavy atom. The van der Waals surface area contributed by atoms with E-state index < -0.39 is 5.91 Å². The first-order valence-electron chi connectivity index (χ1n) is 7.25. The van der Waals surface area contributed by atoms with Crippen molar-refractivity contribution in [2.75, 3.05) is 5.43 Å². The third-order valence-corrected chi connectivity index (χ3v) is 3.86. The van der Waals surface area contributed by atoms with Gasteiger partial charge in [-0.15, -0.1) is 0 Å². The fourth-order valence-electron chi connectivity index (χ4n) is 2.77. The molecule has 0 saturated heterocycles. The molecule has 4 rings (SSSR count). The van der Waals surface area contributed by atoms with Crippen LogP contribution in [0.3, 0.4) is 0 Å². The molecule has 0 atom stereocenters. The van der Waals surface area contributed by atoms with Gasteiger partial charge in [0.25, 0.3) is 5.91 Å². The molecule has 0 radical (unpaired) electrons. The lowest BCUT2D eigenvalue weighted by molar-refractivity contribution is 0.0995. The third kappa shape index (κ3) is 2.19. The van der Waals surface area contributed by atoms with E-state index >= 15 is 0 Å². The molecule has 1 aliphatic rings. The lowest BCUT2D eigenvalue weighted by atomic mass is 10.1. The summed E-state index contributed by atoms with van der Waals surface area (Å²) in [6.45, 7) is 0. The largest absolute Gasteiger partial charge is 0.364 e. The minimum Gasteiger partial charge on any atom is -0.364 e. The van der Waals surface area contributed by atoms with E-state index in [2.05, 4.69) is 10.5 Å². The van der Waals surface area contributed by atoms with Crippen molar-refractivity contribution in [2.24, 2.45) is 10.8 Å². The number of nitrogens with zero attached hydrogens (tertiary/aromatic N) is 2. The molecule has 1 aliphatic heterocycles. The van der Waals surface area contributed by atoms with Gasteiger partial charge in [-0.1, -0.05) is 36.4 Å². The van der Waals surface area contributed by atoms with Crippen LogP contribution < -0.4 is 11.2 Å². The zero-order valence-corrected chi connectivity index (χ0v) is 12.2. The van der Waals surface area contributed by atoms with Gasteiger partial charge in [0.1, 0.15) is 5.69 Å². The fraction of sp³-hybridized carbons (Fsp3) is 0. The van der Waals surface area contributed by atoms with Crippen LogP contribution in [0.25, 0.3) is 17.0 Å². The quantitative estimate of drug-likeness (QED) is 0.725. The lowest BCUT2D eigenvalue weighted by Crippen LogP contribution is -2.21. The standard InChI is InChI=1S/C18H14N4O/c19-18(23)16-11-13-6-2-4-8-15(13)22(16)17-10-9-12-5-1-3-7-14(12)20-21-17/h1-11,20H,(H2,19,23). The molecular formula is C18H14N4O. The third-order valence-electron chi connectivity index (χ3n) is 3.86. The topological polar surface area (TPSA) is 72.4 Å². The summed E-state index contributed by atoms with van der Waals surface area (Å²) in [5.41, 5.74) is 11.8. The number of rotatable bonds is 1. The highest BCUT2D eigenvalue weighted by Gasteiger charge is 2.17. The number of fused-ring (bicyclic) bond motifs is 2. The van der Waals surface area contributed by atoms with Crippen LogP contribution in [0, 0.1) is 0 Å². The number of primary amides is 1. The molecule has 3 N–H and O–H groups in total. The molecule has 0 saturated carbocycles. The molecule has 112 valence electrons. The van der Waals surface area contributed by atoms with E-state index in [1.54, 1.807) is 10.6 Å². The summed E-state index contributed by atoms with van der Waals surface area (Å²) in [6, 6.07) is 17.4. The summed E-state index contributed by atoms with van der Waals surface area (Å²) in [6.07, 6.45) is 3.84. The first kappa shape index (κ1) is 13.3. The molecule has 0 spiro atoms. The second-order valence-electron chi connectivity index (χ2n) is 5.29. The number of carbonyl (C=O) groups excluding carboxylic acids is 1. The van der Waals surface area contributed by atoms with Crippen molar-refractivity contribution in [2.45, 2.75) is 0 Å². The summed E-state index contributed by atoms with van der Waals surface area (Å²) in [5, 5.41) is 5.38. The highest BCUT2D eigenvalue weighted by Crippen LogP contribution is 2.23. The van der Waals surface area contributed by atoms with Crippen LogP contribution in [-0.2, 0) is 0 Å². The van der Waals surface area contributed by atoms with Crippen LogP contribution >= 0.6 is 0 Å². The Morgan fingerprint density at radius 1 is 1.04 bits per heavy atom. The molecule has 1 aromatic heterocycles. The molecular weight excluding hydrogens is 288 g/mol. The van der Waals surface area contributed by atoms with Crippen molar-refractivity contribution < 1.29 is 4.79 Å². The highest BCUT2D eigenvalue weighted by atomic mass is 16.1. The van der Waals surface area contributed by atoms with Crippen molar-refractivity contribution >= 4 is 34.4 Å². The molecule has 0 bridgehead atoms.